The molecule has 2 aromatic rings. The van der Waals surface area contributed by atoms with E-state index in [-0.39, 0.29) is 30.7 Å². The number of ether oxygens (including phenoxy) is 1. The summed E-state index contributed by atoms with van der Waals surface area (Å²) >= 11 is 0. The molecular weight excluding hydrogens is 385 g/mol. The Kier molecular flexibility index (Phi) is 9.60. The van der Waals surface area contributed by atoms with Gasteiger partial charge in [0.05, 0.1) is 19.6 Å². The molecule has 0 unspecified atom stereocenters. The van der Waals surface area contributed by atoms with Crippen molar-refractivity contribution < 1.29 is 9.53 Å². The number of hydrogen-bond donors (Lipinski definition) is 2. The Morgan fingerprint density at radius 3 is 2.37 bits per heavy atom. The molecule has 7 heteroatoms. The van der Waals surface area contributed by atoms with Crippen LogP contribution in [0.3, 0.4) is 0 Å². The molecule has 1 fully saturated rings. The lowest BCUT2D eigenvalue weighted by atomic mass is 10.1. The van der Waals surface area contributed by atoms with Crippen molar-refractivity contribution in [3.8, 4) is 0 Å². The number of halogens is 2. The van der Waals surface area contributed by atoms with Crippen molar-refractivity contribution in [3.63, 3.8) is 0 Å². The monoisotopic (exact) mass is 411 g/mol. The van der Waals surface area contributed by atoms with Crippen LogP contribution >= 0.6 is 24.8 Å². The minimum Gasteiger partial charge on any atom is -0.399 e. The van der Waals surface area contributed by atoms with Crippen LogP contribution in [0.1, 0.15) is 16.7 Å². The second-order valence-corrected chi connectivity index (χ2v) is 6.50. The van der Waals surface area contributed by atoms with Crippen molar-refractivity contribution in [3.05, 3.63) is 59.2 Å². The van der Waals surface area contributed by atoms with E-state index in [1.807, 2.05) is 31.2 Å². The highest BCUT2D eigenvalue weighted by Gasteiger charge is 2.12. The molecule has 0 radical (unpaired) electrons. The zero-order valence-electron chi connectivity index (χ0n) is 15.4. The van der Waals surface area contributed by atoms with E-state index in [2.05, 4.69) is 28.4 Å². The van der Waals surface area contributed by atoms with E-state index in [4.69, 9.17) is 10.5 Å². The molecule has 3 N–H and O–H groups in total. The number of nitrogens with one attached hydrogen (secondary N) is 1. The average molecular weight is 412 g/mol. The Balaban J connectivity index is 0.00000182. The first-order valence-electron chi connectivity index (χ1n) is 8.64. The van der Waals surface area contributed by atoms with Crippen LogP contribution < -0.4 is 11.1 Å². The van der Waals surface area contributed by atoms with Crippen LogP contribution in [0.5, 0.6) is 0 Å². The van der Waals surface area contributed by atoms with Gasteiger partial charge < -0.3 is 15.8 Å². The Labute approximate surface area is 173 Å². The van der Waals surface area contributed by atoms with Gasteiger partial charge in [0.1, 0.15) is 0 Å². The highest BCUT2D eigenvalue weighted by atomic mass is 35.5. The van der Waals surface area contributed by atoms with Gasteiger partial charge in [-0.05, 0) is 41.8 Å². The maximum Gasteiger partial charge on any atom is 0.228 e. The molecule has 1 aliphatic heterocycles. The van der Waals surface area contributed by atoms with Crippen LogP contribution in [-0.4, -0.2) is 37.1 Å². The molecule has 0 aromatic heterocycles. The zero-order valence-corrected chi connectivity index (χ0v) is 17.1. The quantitative estimate of drug-likeness (QED) is 0.739. The third-order valence-electron chi connectivity index (χ3n) is 4.43. The van der Waals surface area contributed by atoms with E-state index >= 15 is 0 Å². The zero-order chi connectivity index (χ0) is 17.6. The van der Waals surface area contributed by atoms with Crippen molar-refractivity contribution in [1.29, 1.82) is 0 Å². The minimum absolute atomic E-state index is 0. The molecule has 1 amide bonds. The van der Waals surface area contributed by atoms with E-state index in [0.717, 1.165) is 49.7 Å². The fraction of sp³-hybridized carbons (Fsp3) is 0.350. The lowest BCUT2D eigenvalue weighted by Gasteiger charge is -2.26. The fourth-order valence-electron chi connectivity index (χ4n) is 2.93. The predicted octanol–water partition coefficient (Wildman–Crippen LogP) is 3.43. The highest BCUT2D eigenvalue weighted by Crippen LogP contribution is 2.19. The molecule has 0 atom stereocenters. The molecule has 0 bridgehead atoms. The van der Waals surface area contributed by atoms with E-state index in [1.54, 1.807) is 0 Å². The van der Waals surface area contributed by atoms with Gasteiger partial charge in [0.15, 0.2) is 0 Å². The SMILES string of the molecule is Cc1ccc(CN2CCOCC2)cc1NC(=O)Cc1ccc(N)cc1.Cl.Cl. The summed E-state index contributed by atoms with van der Waals surface area (Å²) in [6, 6.07) is 13.7. The van der Waals surface area contributed by atoms with Gasteiger partial charge in [-0.3, -0.25) is 9.69 Å². The van der Waals surface area contributed by atoms with Crippen LogP contribution in [0.15, 0.2) is 42.5 Å². The number of rotatable bonds is 5. The number of anilines is 2. The summed E-state index contributed by atoms with van der Waals surface area (Å²) in [6.45, 7) is 6.37. The largest absolute Gasteiger partial charge is 0.399 e. The molecule has 148 valence electrons. The summed E-state index contributed by atoms with van der Waals surface area (Å²) in [5.41, 5.74) is 10.5. The van der Waals surface area contributed by atoms with Crippen molar-refractivity contribution in [1.82, 2.24) is 4.90 Å². The first kappa shape index (κ1) is 23.2. The summed E-state index contributed by atoms with van der Waals surface area (Å²) in [4.78, 5) is 14.7. The lowest BCUT2D eigenvalue weighted by molar-refractivity contribution is -0.115. The number of benzene rings is 2. The number of aryl methyl sites for hydroxylation is 1. The Morgan fingerprint density at radius 1 is 1.07 bits per heavy atom. The molecule has 1 heterocycles. The van der Waals surface area contributed by atoms with Gasteiger partial charge in [-0.25, -0.2) is 0 Å². The topological polar surface area (TPSA) is 67.6 Å². The normalized spacial score (nSPS) is 14.0. The van der Waals surface area contributed by atoms with E-state index in [9.17, 15) is 4.79 Å². The van der Waals surface area contributed by atoms with E-state index in [1.165, 1.54) is 5.56 Å². The van der Waals surface area contributed by atoms with Gasteiger partial charge in [-0.2, -0.15) is 0 Å². The third kappa shape index (κ3) is 7.03. The van der Waals surface area contributed by atoms with Gasteiger partial charge in [0.25, 0.3) is 0 Å². The summed E-state index contributed by atoms with van der Waals surface area (Å²) < 4.78 is 5.39. The maximum atomic E-state index is 12.4. The van der Waals surface area contributed by atoms with Crippen molar-refractivity contribution in [2.45, 2.75) is 19.9 Å². The number of nitrogen functional groups attached to an aromatic ring is 1. The number of nitrogens with two attached hydrogens (primary N) is 1. The van der Waals surface area contributed by atoms with E-state index in [0.29, 0.717) is 12.1 Å². The van der Waals surface area contributed by atoms with Gasteiger partial charge in [-0.15, -0.1) is 24.8 Å². The van der Waals surface area contributed by atoms with Gasteiger partial charge >= 0.3 is 0 Å². The first-order chi connectivity index (χ1) is 12.1. The molecule has 0 aliphatic carbocycles. The molecule has 0 spiro atoms. The smallest absolute Gasteiger partial charge is 0.228 e. The van der Waals surface area contributed by atoms with Gasteiger partial charge in [0, 0.05) is 31.0 Å². The number of amides is 1. The predicted molar refractivity (Wildman–Crippen MR) is 115 cm³/mol. The number of nitrogens with zero attached hydrogens (tertiary/aromatic N) is 1. The Morgan fingerprint density at radius 2 is 1.70 bits per heavy atom. The van der Waals surface area contributed by atoms with Crippen molar-refractivity contribution in [2.24, 2.45) is 0 Å². The number of carbonyl (C=O) groups excluding carboxylic acids is 1. The fourth-order valence-corrected chi connectivity index (χ4v) is 2.93. The molecule has 3 rings (SSSR count). The Bertz CT molecular complexity index is 733. The van der Waals surface area contributed by atoms with E-state index < -0.39 is 0 Å². The standard InChI is InChI=1S/C20H25N3O2.2ClH/c1-15-2-3-17(14-23-8-10-25-11-9-23)12-19(15)22-20(24)13-16-4-6-18(21)7-5-16;;/h2-7,12H,8-11,13-14,21H2,1H3,(H,22,24);2*1H. The molecule has 2 aromatic carbocycles. The molecular formula is C20H27Cl2N3O2. The maximum absolute atomic E-state index is 12.4. The van der Waals surface area contributed by atoms with Crippen LogP contribution in [-0.2, 0) is 22.5 Å². The molecule has 1 aliphatic rings. The molecule has 0 saturated carbocycles. The third-order valence-corrected chi connectivity index (χ3v) is 4.43. The average Bonchev–Trinajstić information content (AvgIpc) is 2.61. The minimum atomic E-state index is -0.0172. The Hall–Kier alpha value is -1.79. The molecule has 27 heavy (non-hydrogen) atoms. The summed E-state index contributed by atoms with van der Waals surface area (Å²) in [5.74, 6) is -0.0172. The lowest BCUT2D eigenvalue weighted by Crippen LogP contribution is -2.35. The van der Waals surface area contributed by atoms with Crippen molar-refractivity contribution >= 4 is 42.1 Å². The number of morpholine rings is 1. The first-order valence-corrected chi connectivity index (χ1v) is 8.64. The summed E-state index contributed by atoms with van der Waals surface area (Å²) in [6.07, 6.45) is 0.341. The van der Waals surface area contributed by atoms with Gasteiger partial charge in [-0.1, -0.05) is 24.3 Å². The number of hydrogen-bond acceptors (Lipinski definition) is 4. The summed E-state index contributed by atoms with van der Waals surface area (Å²) in [7, 11) is 0. The second kappa shape index (κ2) is 11.1. The van der Waals surface area contributed by atoms with Crippen LogP contribution in [0.25, 0.3) is 0 Å². The van der Waals surface area contributed by atoms with Crippen LogP contribution in [0.4, 0.5) is 11.4 Å². The highest BCUT2D eigenvalue weighted by molar-refractivity contribution is 5.93. The second-order valence-electron chi connectivity index (χ2n) is 6.50. The number of carbonyl (C=O) groups is 1. The summed E-state index contributed by atoms with van der Waals surface area (Å²) in [5, 5.41) is 3.04. The molecule has 1 saturated heterocycles. The molecule has 5 nitrogen and oxygen atoms in total. The van der Waals surface area contributed by atoms with Crippen LogP contribution in [0.2, 0.25) is 0 Å². The van der Waals surface area contributed by atoms with Crippen molar-refractivity contribution in [2.75, 3.05) is 37.4 Å². The van der Waals surface area contributed by atoms with Gasteiger partial charge in [0.2, 0.25) is 5.91 Å². The van der Waals surface area contributed by atoms with Crippen LogP contribution in [0, 0.1) is 6.92 Å².